The summed E-state index contributed by atoms with van der Waals surface area (Å²) in [6.45, 7) is 6.23. The van der Waals surface area contributed by atoms with Crippen molar-refractivity contribution in [3.05, 3.63) is 29.1 Å². The van der Waals surface area contributed by atoms with Crippen LogP contribution in [-0.4, -0.2) is 4.98 Å². The molecule has 0 aliphatic carbocycles. The molecule has 0 saturated carbocycles. The minimum Gasteiger partial charge on any atom is -0.364 e. The number of hydrogen-bond donors (Lipinski definition) is 1. The van der Waals surface area contributed by atoms with Gasteiger partial charge in [0, 0.05) is 11.9 Å². The van der Waals surface area contributed by atoms with Crippen LogP contribution in [0.1, 0.15) is 23.7 Å². The zero-order valence-corrected chi connectivity index (χ0v) is 6.73. The summed E-state index contributed by atoms with van der Waals surface area (Å²) in [5, 5.41) is 0. The third kappa shape index (κ3) is 1.13. The van der Waals surface area contributed by atoms with Crippen LogP contribution in [0.3, 0.4) is 0 Å². The summed E-state index contributed by atoms with van der Waals surface area (Å²) >= 11 is 0. The van der Waals surface area contributed by atoms with Gasteiger partial charge in [-0.3, -0.25) is 0 Å². The Morgan fingerprint density at radius 1 is 1.40 bits per heavy atom. The molecule has 0 aromatic carbocycles. The smallest absolute Gasteiger partial charge is 0.0191 e. The standard InChI is InChI=1S/C9H13N/c1-4-5-9-7(2)6-10-8(9)3/h4-6,10H,1-3H3. The molecule has 0 saturated heterocycles. The molecule has 0 spiro atoms. The van der Waals surface area contributed by atoms with E-state index in [1.54, 1.807) is 0 Å². The molecule has 0 unspecified atom stereocenters. The van der Waals surface area contributed by atoms with E-state index in [1.165, 1.54) is 16.8 Å². The van der Waals surface area contributed by atoms with Crippen molar-refractivity contribution in [2.24, 2.45) is 0 Å². The first-order valence-electron chi connectivity index (χ1n) is 3.53. The Kier molecular flexibility index (Phi) is 1.95. The summed E-state index contributed by atoms with van der Waals surface area (Å²) in [5.74, 6) is 0. The monoisotopic (exact) mass is 135 g/mol. The molecule has 10 heavy (non-hydrogen) atoms. The highest BCUT2D eigenvalue weighted by Crippen LogP contribution is 2.13. The Hall–Kier alpha value is -0.980. The van der Waals surface area contributed by atoms with Gasteiger partial charge in [0.15, 0.2) is 0 Å². The number of aromatic amines is 1. The van der Waals surface area contributed by atoms with Crippen molar-refractivity contribution in [1.82, 2.24) is 4.98 Å². The lowest BCUT2D eigenvalue weighted by molar-refractivity contribution is 1.26. The van der Waals surface area contributed by atoms with Gasteiger partial charge in [0.1, 0.15) is 0 Å². The molecule has 0 atom stereocenters. The van der Waals surface area contributed by atoms with Gasteiger partial charge in [-0.2, -0.15) is 0 Å². The van der Waals surface area contributed by atoms with Crippen LogP contribution >= 0.6 is 0 Å². The molecule has 1 aromatic rings. The average Bonchev–Trinajstić information content (AvgIpc) is 2.20. The lowest BCUT2D eigenvalue weighted by atomic mass is 10.1. The van der Waals surface area contributed by atoms with Crippen molar-refractivity contribution in [2.45, 2.75) is 20.8 Å². The molecule has 1 N–H and O–H groups in total. The van der Waals surface area contributed by atoms with Gasteiger partial charge in [-0.25, -0.2) is 0 Å². The van der Waals surface area contributed by atoms with Crippen molar-refractivity contribution >= 4 is 6.08 Å². The van der Waals surface area contributed by atoms with Crippen LogP contribution in [0.4, 0.5) is 0 Å². The van der Waals surface area contributed by atoms with Crippen LogP contribution in [0.5, 0.6) is 0 Å². The van der Waals surface area contributed by atoms with E-state index in [9.17, 15) is 0 Å². The molecule has 54 valence electrons. The Morgan fingerprint density at radius 2 is 2.10 bits per heavy atom. The van der Waals surface area contributed by atoms with Crippen molar-refractivity contribution in [3.8, 4) is 0 Å². The maximum atomic E-state index is 3.17. The molecule has 1 rings (SSSR count). The van der Waals surface area contributed by atoms with Gasteiger partial charge >= 0.3 is 0 Å². The highest BCUT2D eigenvalue weighted by atomic mass is 14.7. The summed E-state index contributed by atoms with van der Waals surface area (Å²) in [6.07, 6.45) is 6.22. The molecule has 1 heterocycles. The second kappa shape index (κ2) is 2.74. The lowest BCUT2D eigenvalue weighted by Gasteiger charge is -1.90. The summed E-state index contributed by atoms with van der Waals surface area (Å²) in [6, 6.07) is 0. The third-order valence-electron chi connectivity index (χ3n) is 1.67. The van der Waals surface area contributed by atoms with Gasteiger partial charge in [-0.1, -0.05) is 12.2 Å². The van der Waals surface area contributed by atoms with Crippen LogP contribution in [0.25, 0.3) is 6.08 Å². The number of allylic oxidation sites excluding steroid dienone is 1. The molecule has 0 aliphatic rings. The van der Waals surface area contributed by atoms with E-state index in [0.717, 1.165) is 0 Å². The first-order valence-corrected chi connectivity index (χ1v) is 3.53. The fourth-order valence-electron chi connectivity index (χ4n) is 1.09. The lowest BCUT2D eigenvalue weighted by Crippen LogP contribution is -1.74. The molecule has 0 amide bonds. The van der Waals surface area contributed by atoms with E-state index in [2.05, 4.69) is 31.0 Å². The number of H-pyrrole nitrogens is 1. The third-order valence-corrected chi connectivity index (χ3v) is 1.67. The van der Waals surface area contributed by atoms with Crippen molar-refractivity contribution in [3.63, 3.8) is 0 Å². The first kappa shape index (κ1) is 7.13. The Balaban J connectivity index is 3.10. The second-order valence-corrected chi connectivity index (χ2v) is 2.51. The number of aromatic nitrogens is 1. The van der Waals surface area contributed by atoms with E-state index in [0.29, 0.717) is 0 Å². The minimum absolute atomic E-state index is 1.25. The summed E-state index contributed by atoms with van der Waals surface area (Å²) in [7, 11) is 0. The maximum Gasteiger partial charge on any atom is 0.0191 e. The normalized spacial score (nSPS) is 11.1. The minimum atomic E-state index is 1.25. The molecule has 0 bridgehead atoms. The van der Waals surface area contributed by atoms with Crippen molar-refractivity contribution in [2.75, 3.05) is 0 Å². The van der Waals surface area contributed by atoms with Crippen molar-refractivity contribution in [1.29, 1.82) is 0 Å². The molecular formula is C9H13N. The highest BCUT2D eigenvalue weighted by molar-refractivity contribution is 5.55. The predicted molar refractivity (Wildman–Crippen MR) is 45.0 cm³/mol. The van der Waals surface area contributed by atoms with Gasteiger partial charge in [-0.15, -0.1) is 0 Å². The Labute approximate surface area is 61.8 Å². The molecular weight excluding hydrogens is 122 g/mol. The van der Waals surface area contributed by atoms with E-state index in [4.69, 9.17) is 0 Å². The van der Waals surface area contributed by atoms with Crippen LogP contribution < -0.4 is 0 Å². The zero-order chi connectivity index (χ0) is 7.56. The Bertz CT molecular complexity index is 224. The molecule has 0 radical (unpaired) electrons. The first-order chi connectivity index (χ1) is 4.75. The number of aryl methyl sites for hydroxylation is 2. The average molecular weight is 135 g/mol. The SMILES string of the molecule is CC=Cc1c(C)c[nH]c1C. The molecule has 1 aromatic heterocycles. The van der Waals surface area contributed by atoms with Crippen LogP contribution in [-0.2, 0) is 0 Å². The number of nitrogens with one attached hydrogen (secondary N) is 1. The summed E-state index contributed by atoms with van der Waals surface area (Å²) in [4.78, 5) is 3.17. The van der Waals surface area contributed by atoms with Crippen LogP contribution in [0, 0.1) is 13.8 Å². The van der Waals surface area contributed by atoms with Gasteiger partial charge in [0.2, 0.25) is 0 Å². The van der Waals surface area contributed by atoms with Crippen LogP contribution in [0.15, 0.2) is 12.3 Å². The summed E-state index contributed by atoms with van der Waals surface area (Å²) in [5.41, 5.74) is 3.88. The maximum absolute atomic E-state index is 3.17. The topological polar surface area (TPSA) is 15.8 Å². The van der Waals surface area contributed by atoms with E-state index in [-0.39, 0.29) is 0 Å². The van der Waals surface area contributed by atoms with Gasteiger partial charge in [0.25, 0.3) is 0 Å². The fourth-order valence-corrected chi connectivity index (χ4v) is 1.09. The molecule has 0 fully saturated rings. The zero-order valence-electron chi connectivity index (χ0n) is 6.73. The number of hydrogen-bond acceptors (Lipinski definition) is 0. The fraction of sp³-hybridized carbons (Fsp3) is 0.333. The van der Waals surface area contributed by atoms with Gasteiger partial charge in [-0.05, 0) is 31.9 Å². The second-order valence-electron chi connectivity index (χ2n) is 2.51. The van der Waals surface area contributed by atoms with Crippen LogP contribution in [0.2, 0.25) is 0 Å². The van der Waals surface area contributed by atoms with E-state index < -0.39 is 0 Å². The summed E-state index contributed by atoms with van der Waals surface area (Å²) < 4.78 is 0. The molecule has 0 aliphatic heterocycles. The largest absolute Gasteiger partial charge is 0.364 e. The molecule has 1 nitrogen and oxygen atoms in total. The van der Waals surface area contributed by atoms with E-state index in [1.807, 2.05) is 13.1 Å². The predicted octanol–water partition coefficient (Wildman–Crippen LogP) is 2.66. The van der Waals surface area contributed by atoms with Crippen molar-refractivity contribution < 1.29 is 0 Å². The quantitative estimate of drug-likeness (QED) is 0.609. The Morgan fingerprint density at radius 3 is 2.50 bits per heavy atom. The highest BCUT2D eigenvalue weighted by Gasteiger charge is 1.97. The number of rotatable bonds is 1. The molecule has 1 heteroatoms. The van der Waals surface area contributed by atoms with Gasteiger partial charge < -0.3 is 4.98 Å². The van der Waals surface area contributed by atoms with Gasteiger partial charge in [0.05, 0.1) is 0 Å². The van der Waals surface area contributed by atoms with E-state index >= 15 is 0 Å².